The second-order valence-electron chi connectivity index (χ2n) is 2.24. The van der Waals surface area contributed by atoms with Crippen molar-refractivity contribution in [2.75, 3.05) is 0 Å². The van der Waals surface area contributed by atoms with E-state index < -0.39 is 0 Å². The lowest BCUT2D eigenvalue weighted by Crippen LogP contribution is -1.99. The van der Waals surface area contributed by atoms with Gasteiger partial charge in [-0.2, -0.15) is 0 Å². The molecule has 1 aliphatic rings. The van der Waals surface area contributed by atoms with Gasteiger partial charge in [-0.1, -0.05) is 11.0 Å². The molecule has 52 valence electrons. The van der Waals surface area contributed by atoms with Gasteiger partial charge >= 0.3 is 0 Å². The summed E-state index contributed by atoms with van der Waals surface area (Å²) in [6, 6.07) is 6.10. The highest BCUT2D eigenvalue weighted by Crippen LogP contribution is 2.32. The molecule has 0 bridgehead atoms. The lowest BCUT2D eigenvalue weighted by Gasteiger charge is -1.94. The molecule has 0 unspecified atom stereocenters. The summed E-state index contributed by atoms with van der Waals surface area (Å²) in [7, 11) is 0. The number of benzene rings is 1. The number of hydrogen-bond donors (Lipinski definition) is 1. The van der Waals surface area contributed by atoms with E-state index in [0.29, 0.717) is 0 Å². The summed E-state index contributed by atoms with van der Waals surface area (Å²) >= 11 is 1.51. The van der Waals surface area contributed by atoms with Crippen LogP contribution in [-0.2, 0) is 0 Å². The molecule has 3 heteroatoms. The number of hydrogen-bond acceptors (Lipinski definition) is 3. The SMILES string of the molecule is Cc1ccc2c(c1)SNO2. The summed E-state index contributed by atoms with van der Waals surface area (Å²) in [5, 5.41) is 0. The van der Waals surface area contributed by atoms with E-state index in [9.17, 15) is 0 Å². The van der Waals surface area contributed by atoms with Gasteiger partial charge in [0.1, 0.15) is 0 Å². The highest BCUT2D eigenvalue weighted by Gasteiger charge is 2.11. The second kappa shape index (κ2) is 2.18. The molecule has 1 aliphatic heterocycles. The maximum absolute atomic E-state index is 5.07. The van der Waals surface area contributed by atoms with Gasteiger partial charge in [0, 0.05) is 0 Å². The molecular weight excluding hydrogens is 146 g/mol. The van der Waals surface area contributed by atoms with E-state index in [1.807, 2.05) is 12.1 Å². The van der Waals surface area contributed by atoms with Crippen LogP contribution in [0, 0.1) is 6.92 Å². The minimum Gasteiger partial charge on any atom is -0.397 e. The van der Waals surface area contributed by atoms with Crippen molar-refractivity contribution in [3.05, 3.63) is 23.8 Å². The van der Waals surface area contributed by atoms with Crippen LogP contribution in [0.25, 0.3) is 0 Å². The van der Waals surface area contributed by atoms with Gasteiger partial charge in [-0.3, -0.25) is 0 Å². The first-order valence-electron chi connectivity index (χ1n) is 3.05. The van der Waals surface area contributed by atoms with E-state index in [2.05, 4.69) is 17.9 Å². The third-order valence-electron chi connectivity index (χ3n) is 1.40. The van der Waals surface area contributed by atoms with Crippen LogP contribution >= 0.6 is 11.9 Å². The predicted molar refractivity (Wildman–Crippen MR) is 40.8 cm³/mol. The fraction of sp³-hybridized carbons (Fsp3) is 0.143. The average molecular weight is 153 g/mol. The maximum Gasteiger partial charge on any atom is 0.163 e. The average Bonchev–Trinajstić information content (AvgIpc) is 2.33. The van der Waals surface area contributed by atoms with Gasteiger partial charge in [0.05, 0.1) is 4.90 Å². The number of rotatable bonds is 0. The summed E-state index contributed by atoms with van der Waals surface area (Å²) < 4.78 is 0. The topological polar surface area (TPSA) is 21.3 Å². The molecule has 0 fully saturated rings. The smallest absolute Gasteiger partial charge is 0.163 e. The van der Waals surface area contributed by atoms with Crippen LogP contribution in [0.4, 0.5) is 0 Å². The Kier molecular flexibility index (Phi) is 1.32. The molecule has 0 saturated carbocycles. The molecule has 0 aliphatic carbocycles. The van der Waals surface area contributed by atoms with E-state index in [0.717, 1.165) is 5.75 Å². The van der Waals surface area contributed by atoms with Crippen LogP contribution in [0.1, 0.15) is 5.56 Å². The molecular formula is C7H7NOS. The van der Waals surface area contributed by atoms with Gasteiger partial charge in [0.25, 0.3) is 0 Å². The molecule has 1 aromatic carbocycles. The quantitative estimate of drug-likeness (QED) is 0.575. The molecule has 0 atom stereocenters. The first-order chi connectivity index (χ1) is 4.86. The summed E-state index contributed by atoms with van der Waals surface area (Å²) in [6.07, 6.45) is 0. The third-order valence-corrected chi connectivity index (χ3v) is 2.11. The monoisotopic (exact) mass is 153 g/mol. The lowest BCUT2D eigenvalue weighted by molar-refractivity contribution is 0.292. The van der Waals surface area contributed by atoms with Gasteiger partial charge in [-0.05, 0) is 36.6 Å². The Balaban J connectivity index is 2.52. The van der Waals surface area contributed by atoms with Gasteiger partial charge in [-0.15, -0.1) is 0 Å². The standard InChI is InChI=1S/C7H7NOS/c1-5-2-3-6-7(4-5)10-8-9-6/h2-4,8H,1H3. The summed E-state index contributed by atoms with van der Waals surface area (Å²) in [4.78, 5) is 8.96. The van der Waals surface area contributed by atoms with Crippen LogP contribution in [0.2, 0.25) is 0 Å². The number of aryl methyl sites for hydroxylation is 1. The largest absolute Gasteiger partial charge is 0.397 e. The Hall–Kier alpha value is -0.670. The fourth-order valence-corrected chi connectivity index (χ4v) is 1.57. The third kappa shape index (κ3) is 0.874. The van der Waals surface area contributed by atoms with Crippen LogP contribution < -0.4 is 9.72 Å². The summed E-state index contributed by atoms with van der Waals surface area (Å²) in [5.41, 5.74) is 1.26. The van der Waals surface area contributed by atoms with Crippen molar-refractivity contribution in [1.82, 2.24) is 4.89 Å². The Morgan fingerprint density at radius 1 is 1.50 bits per heavy atom. The molecule has 1 N–H and O–H groups in total. The lowest BCUT2D eigenvalue weighted by atomic mass is 10.2. The van der Waals surface area contributed by atoms with Crippen molar-refractivity contribution in [3.63, 3.8) is 0 Å². The van der Waals surface area contributed by atoms with Crippen molar-refractivity contribution in [3.8, 4) is 5.75 Å². The molecule has 10 heavy (non-hydrogen) atoms. The Bertz CT molecular complexity index is 262. The molecule has 0 saturated heterocycles. The first kappa shape index (κ1) is 6.07. The van der Waals surface area contributed by atoms with E-state index in [-0.39, 0.29) is 0 Å². The van der Waals surface area contributed by atoms with Crippen molar-refractivity contribution in [1.29, 1.82) is 0 Å². The molecule has 0 amide bonds. The van der Waals surface area contributed by atoms with Crippen molar-refractivity contribution in [2.24, 2.45) is 0 Å². The molecule has 2 nitrogen and oxygen atoms in total. The molecule has 0 spiro atoms. The molecule has 1 aromatic rings. The maximum atomic E-state index is 5.07. The zero-order valence-electron chi connectivity index (χ0n) is 5.55. The van der Waals surface area contributed by atoms with Crippen molar-refractivity contribution in [2.45, 2.75) is 11.8 Å². The number of nitrogens with one attached hydrogen (secondary N) is 1. The first-order valence-corrected chi connectivity index (χ1v) is 3.87. The second-order valence-corrected chi connectivity index (χ2v) is 3.05. The predicted octanol–water partition coefficient (Wildman–Crippen LogP) is 1.90. The van der Waals surface area contributed by atoms with Gasteiger partial charge in [-0.25, -0.2) is 0 Å². The normalized spacial score (nSPS) is 14.5. The van der Waals surface area contributed by atoms with Crippen molar-refractivity contribution >= 4 is 11.9 Å². The van der Waals surface area contributed by atoms with Crippen molar-refractivity contribution < 1.29 is 4.84 Å². The minimum atomic E-state index is 0.926. The van der Waals surface area contributed by atoms with Crippen LogP contribution in [0.15, 0.2) is 23.1 Å². The summed E-state index contributed by atoms with van der Waals surface area (Å²) in [5.74, 6) is 0.926. The molecule has 2 rings (SSSR count). The van der Waals surface area contributed by atoms with Crippen LogP contribution in [0.5, 0.6) is 5.75 Å². The minimum absolute atomic E-state index is 0.926. The Labute approximate surface area is 63.7 Å². The number of fused-ring (bicyclic) bond motifs is 1. The summed E-state index contributed by atoms with van der Waals surface area (Å²) in [6.45, 7) is 2.07. The zero-order valence-corrected chi connectivity index (χ0v) is 6.37. The molecule has 0 radical (unpaired) electrons. The Morgan fingerprint density at radius 2 is 2.40 bits per heavy atom. The van der Waals surface area contributed by atoms with Gasteiger partial charge < -0.3 is 4.84 Å². The van der Waals surface area contributed by atoms with E-state index in [1.165, 1.54) is 22.4 Å². The van der Waals surface area contributed by atoms with E-state index in [4.69, 9.17) is 4.84 Å². The van der Waals surface area contributed by atoms with E-state index >= 15 is 0 Å². The molecule has 1 heterocycles. The zero-order chi connectivity index (χ0) is 6.97. The van der Waals surface area contributed by atoms with E-state index in [1.54, 1.807) is 0 Å². The fourth-order valence-electron chi connectivity index (χ4n) is 0.890. The highest BCUT2D eigenvalue weighted by atomic mass is 32.2. The van der Waals surface area contributed by atoms with Crippen LogP contribution in [-0.4, -0.2) is 0 Å². The van der Waals surface area contributed by atoms with Gasteiger partial charge in [0.15, 0.2) is 5.75 Å². The van der Waals surface area contributed by atoms with Crippen LogP contribution in [0.3, 0.4) is 0 Å². The van der Waals surface area contributed by atoms with Gasteiger partial charge in [0.2, 0.25) is 0 Å². The molecule has 0 aromatic heterocycles. The Morgan fingerprint density at radius 3 is 3.30 bits per heavy atom. The highest BCUT2D eigenvalue weighted by molar-refractivity contribution is 7.97.